The number of hydrogen-bond acceptors (Lipinski definition) is 5. The van der Waals surface area contributed by atoms with Crippen LogP contribution in [0, 0.1) is 0 Å². The number of nitrogens with two attached hydrogens (primary N) is 1. The zero-order valence-electron chi connectivity index (χ0n) is 9.47. The Bertz CT molecular complexity index is 305. The molecule has 1 aromatic rings. The van der Waals surface area contributed by atoms with Crippen LogP contribution < -0.4 is 10.6 Å². The molecule has 0 fully saturated rings. The molecule has 84 valence electrons. The van der Waals surface area contributed by atoms with Crippen molar-refractivity contribution in [2.45, 2.75) is 19.4 Å². The van der Waals surface area contributed by atoms with E-state index in [1.165, 1.54) is 0 Å². The smallest absolute Gasteiger partial charge is 0.227 e. The second-order valence-electron chi connectivity index (χ2n) is 3.52. The summed E-state index contributed by atoms with van der Waals surface area (Å²) < 4.78 is 0. The molecule has 0 aliphatic heterocycles. The summed E-state index contributed by atoms with van der Waals surface area (Å²) in [7, 11) is 2.00. The fraction of sp³-hybridized carbons (Fsp3) is 0.600. The fourth-order valence-corrected chi connectivity index (χ4v) is 1.79. The number of aromatic nitrogens is 2. The fourth-order valence-electron chi connectivity index (χ4n) is 1.21. The van der Waals surface area contributed by atoms with Gasteiger partial charge in [-0.2, -0.15) is 16.7 Å². The van der Waals surface area contributed by atoms with Gasteiger partial charge < -0.3 is 10.6 Å². The lowest BCUT2D eigenvalue weighted by Gasteiger charge is -2.24. The molecule has 0 aliphatic rings. The number of nitrogen functional groups attached to an aromatic ring is 1. The molecule has 4 nitrogen and oxygen atoms in total. The summed E-state index contributed by atoms with van der Waals surface area (Å²) in [6.07, 6.45) is 4.93. The molecule has 1 rings (SSSR count). The van der Waals surface area contributed by atoms with Crippen molar-refractivity contribution in [2.75, 3.05) is 29.7 Å². The molecule has 0 saturated heterocycles. The first-order chi connectivity index (χ1) is 7.15. The van der Waals surface area contributed by atoms with E-state index in [9.17, 15) is 0 Å². The summed E-state index contributed by atoms with van der Waals surface area (Å²) >= 11 is 1.85. The largest absolute Gasteiger partial charge is 0.384 e. The minimum Gasteiger partial charge on any atom is -0.384 e. The molecule has 0 amide bonds. The highest BCUT2D eigenvalue weighted by molar-refractivity contribution is 7.98. The van der Waals surface area contributed by atoms with E-state index in [1.807, 2.05) is 18.8 Å². The lowest BCUT2D eigenvalue weighted by Crippen LogP contribution is -2.31. The van der Waals surface area contributed by atoms with Crippen LogP contribution in [-0.4, -0.2) is 35.1 Å². The standard InChI is InChI=1S/C10H18N4S/c1-8(5-7-15-3)14(2)10-12-6-4-9(11)13-10/h4,6,8H,5,7H2,1-3H3,(H2,11,12,13). The summed E-state index contributed by atoms with van der Waals surface area (Å²) in [5.74, 6) is 2.36. The van der Waals surface area contributed by atoms with Crippen molar-refractivity contribution in [3.63, 3.8) is 0 Å². The SMILES string of the molecule is CSCCC(C)N(C)c1nccc(N)n1. The lowest BCUT2D eigenvalue weighted by molar-refractivity contribution is 0.654. The normalized spacial score (nSPS) is 12.5. The third kappa shape index (κ3) is 3.58. The van der Waals surface area contributed by atoms with Crippen molar-refractivity contribution in [3.8, 4) is 0 Å². The molecule has 2 N–H and O–H groups in total. The van der Waals surface area contributed by atoms with Crippen molar-refractivity contribution in [3.05, 3.63) is 12.3 Å². The highest BCUT2D eigenvalue weighted by Gasteiger charge is 2.11. The number of anilines is 2. The quantitative estimate of drug-likeness (QED) is 0.827. The summed E-state index contributed by atoms with van der Waals surface area (Å²) in [6.45, 7) is 2.17. The van der Waals surface area contributed by atoms with E-state index < -0.39 is 0 Å². The van der Waals surface area contributed by atoms with Crippen LogP contribution >= 0.6 is 11.8 Å². The second kappa shape index (κ2) is 5.80. The summed E-state index contributed by atoms with van der Waals surface area (Å²) in [5.41, 5.74) is 5.61. The average Bonchev–Trinajstić information content (AvgIpc) is 2.24. The van der Waals surface area contributed by atoms with Crippen LogP contribution in [0.3, 0.4) is 0 Å². The molecule has 0 radical (unpaired) electrons. The van der Waals surface area contributed by atoms with Crippen LogP contribution in [-0.2, 0) is 0 Å². The van der Waals surface area contributed by atoms with Gasteiger partial charge in [-0.05, 0) is 31.4 Å². The molecule has 0 saturated carbocycles. The number of thioether (sulfide) groups is 1. The van der Waals surface area contributed by atoms with Crippen molar-refractivity contribution < 1.29 is 0 Å². The summed E-state index contributed by atoms with van der Waals surface area (Å²) in [5, 5.41) is 0. The second-order valence-corrected chi connectivity index (χ2v) is 4.51. The van der Waals surface area contributed by atoms with Crippen LogP contribution in [0.1, 0.15) is 13.3 Å². The lowest BCUT2D eigenvalue weighted by atomic mass is 10.2. The topological polar surface area (TPSA) is 55.0 Å². The van der Waals surface area contributed by atoms with E-state index in [0.717, 1.165) is 12.2 Å². The van der Waals surface area contributed by atoms with E-state index in [4.69, 9.17) is 5.73 Å². The Balaban J connectivity index is 2.62. The minimum atomic E-state index is 0.430. The summed E-state index contributed by atoms with van der Waals surface area (Å²) in [4.78, 5) is 10.4. The van der Waals surface area contributed by atoms with E-state index in [0.29, 0.717) is 17.8 Å². The molecule has 1 unspecified atom stereocenters. The van der Waals surface area contributed by atoms with Crippen LogP contribution in [0.25, 0.3) is 0 Å². The molecule has 0 bridgehead atoms. The first-order valence-electron chi connectivity index (χ1n) is 4.95. The van der Waals surface area contributed by atoms with E-state index >= 15 is 0 Å². The molecule has 0 spiro atoms. The Morgan fingerprint density at radius 3 is 2.93 bits per heavy atom. The maximum absolute atomic E-state index is 5.61. The maximum atomic E-state index is 5.61. The zero-order chi connectivity index (χ0) is 11.3. The molecule has 1 atom stereocenters. The molecule has 15 heavy (non-hydrogen) atoms. The maximum Gasteiger partial charge on any atom is 0.227 e. The Kier molecular flexibility index (Phi) is 4.68. The van der Waals surface area contributed by atoms with Crippen LogP contribution in [0.15, 0.2) is 12.3 Å². The van der Waals surface area contributed by atoms with Gasteiger partial charge in [0.15, 0.2) is 0 Å². The molecular formula is C10H18N4S. The van der Waals surface area contributed by atoms with Gasteiger partial charge in [-0.1, -0.05) is 0 Å². The van der Waals surface area contributed by atoms with Gasteiger partial charge in [0.05, 0.1) is 0 Å². The predicted molar refractivity (Wildman–Crippen MR) is 67.3 cm³/mol. The molecule has 5 heteroatoms. The highest BCUT2D eigenvalue weighted by Crippen LogP contribution is 2.13. The number of hydrogen-bond donors (Lipinski definition) is 1. The first kappa shape index (κ1) is 12.1. The van der Waals surface area contributed by atoms with E-state index in [2.05, 4.69) is 28.0 Å². The van der Waals surface area contributed by atoms with Crippen LogP contribution in [0.5, 0.6) is 0 Å². The molecule has 0 aliphatic carbocycles. The van der Waals surface area contributed by atoms with Gasteiger partial charge >= 0.3 is 0 Å². The van der Waals surface area contributed by atoms with Gasteiger partial charge in [0, 0.05) is 19.3 Å². The Morgan fingerprint density at radius 1 is 1.60 bits per heavy atom. The van der Waals surface area contributed by atoms with Gasteiger partial charge in [0.25, 0.3) is 0 Å². The summed E-state index contributed by atoms with van der Waals surface area (Å²) in [6, 6.07) is 2.13. The number of rotatable bonds is 5. The van der Waals surface area contributed by atoms with Crippen LogP contribution in [0.4, 0.5) is 11.8 Å². The van der Waals surface area contributed by atoms with Crippen molar-refractivity contribution in [1.29, 1.82) is 0 Å². The highest BCUT2D eigenvalue weighted by atomic mass is 32.2. The Labute approximate surface area is 95.3 Å². The van der Waals surface area contributed by atoms with Crippen LogP contribution in [0.2, 0.25) is 0 Å². The van der Waals surface area contributed by atoms with Gasteiger partial charge in [-0.15, -0.1) is 0 Å². The van der Waals surface area contributed by atoms with Gasteiger partial charge in [0.2, 0.25) is 5.95 Å². The van der Waals surface area contributed by atoms with Gasteiger partial charge in [-0.25, -0.2) is 4.98 Å². The third-order valence-corrected chi connectivity index (χ3v) is 3.02. The minimum absolute atomic E-state index is 0.430. The zero-order valence-corrected chi connectivity index (χ0v) is 10.3. The molecular weight excluding hydrogens is 208 g/mol. The average molecular weight is 226 g/mol. The van der Waals surface area contributed by atoms with Crippen molar-refractivity contribution in [1.82, 2.24) is 9.97 Å². The van der Waals surface area contributed by atoms with Gasteiger partial charge in [0.1, 0.15) is 5.82 Å². The Hall–Kier alpha value is -0.970. The predicted octanol–water partition coefficient (Wildman–Crippen LogP) is 1.64. The molecule has 1 aromatic heterocycles. The van der Waals surface area contributed by atoms with E-state index in [-0.39, 0.29) is 0 Å². The van der Waals surface area contributed by atoms with Crippen molar-refractivity contribution in [2.24, 2.45) is 0 Å². The molecule has 1 heterocycles. The van der Waals surface area contributed by atoms with Gasteiger partial charge in [-0.3, -0.25) is 0 Å². The monoisotopic (exact) mass is 226 g/mol. The van der Waals surface area contributed by atoms with E-state index in [1.54, 1.807) is 12.3 Å². The Morgan fingerprint density at radius 2 is 2.33 bits per heavy atom. The first-order valence-corrected chi connectivity index (χ1v) is 6.35. The number of nitrogens with zero attached hydrogens (tertiary/aromatic N) is 3. The third-order valence-electron chi connectivity index (χ3n) is 2.38. The molecule has 0 aromatic carbocycles. The van der Waals surface area contributed by atoms with Crippen molar-refractivity contribution >= 4 is 23.5 Å².